The molecule has 0 spiro atoms. The van der Waals surface area contributed by atoms with Crippen molar-refractivity contribution >= 4 is 23.3 Å². The van der Waals surface area contributed by atoms with Crippen LogP contribution in [-0.4, -0.2) is 34.3 Å². The minimum Gasteiger partial charge on any atom is -0.312 e. The van der Waals surface area contributed by atoms with Crippen LogP contribution in [0.3, 0.4) is 0 Å². The van der Waals surface area contributed by atoms with Gasteiger partial charge in [0.05, 0.1) is 10.6 Å². The standard InChI is InChI=1S/C12H11N3O4/c16-11-10-2-1-7-13(10)12(17)14(11)8-3-5-9(6-4-8)15(18)19/h3-6,10H,1-2,7H2/t10-/m1/s1. The molecule has 0 saturated carbocycles. The van der Waals surface area contributed by atoms with Gasteiger partial charge < -0.3 is 4.90 Å². The Morgan fingerprint density at radius 2 is 1.89 bits per heavy atom. The van der Waals surface area contributed by atoms with E-state index in [9.17, 15) is 19.7 Å². The third-order valence-corrected chi connectivity index (χ3v) is 3.51. The van der Waals surface area contributed by atoms with Gasteiger partial charge in [-0.05, 0) is 25.0 Å². The molecule has 0 aliphatic carbocycles. The lowest BCUT2D eigenvalue weighted by atomic mass is 10.2. The Morgan fingerprint density at radius 1 is 1.21 bits per heavy atom. The Labute approximate surface area is 108 Å². The number of imide groups is 1. The lowest BCUT2D eigenvalue weighted by Gasteiger charge is -2.15. The lowest BCUT2D eigenvalue weighted by Crippen LogP contribution is -2.32. The molecule has 2 aliphatic heterocycles. The highest BCUT2D eigenvalue weighted by Crippen LogP contribution is 2.31. The molecule has 19 heavy (non-hydrogen) atoms. The molecule has 1 atom stereocenters. The summed E-state index contributed by atoms with van der Waals surface area (Å²) >= 11 is 0. The number of carbonyl (C=O) groups is 2. The van der Waals surface area contributed by atoms with E-state index in [0.29, 0.717) is 18.7 Å². The predicted molar refractivity (Wildman–Crippen MR) is 65.7 cm³/mol. The second-order valence-corrected chi connectivity index (χ2v) is 4.58. The zero-order valence-electron chi connectivity index (χ0n) is 9.98. The van der Waals surface area contributed by atoms with Crippen molar-refractivity contribution in [3.05, 3.63) is 34.4 Å². The zero-order valence-corrected chi connectivity index (χ0v) is 9.98. The molecule has 0 N–H and O–H groups in total. The van der Waals surface area contributed by atoms with Gasteiger partial charge in [0, 0.05) is 18.7 Å². The Morgan fingerprint density at radius 3 is 2.47 bits per heavy atom. The third kappa shape index (κ3) is 1.66. The number of fused-ring (bicyclic) bond motifs is 1. The van der Waals surface area contributed by atoms with E-state index in [1.165, 1.54) is 24.3 Å². The Balaban J connectivity index is 1.92. The summed E-state index contributed by atoms with van der Waals surface area (Å²) in [7, 11) is 0. The van der Waals surface area contributed by atoms with E-state index in [0.717, 1.165) is 11.3 Å². The molecule has 0 unspecified atom stereocenters. The Bertz CT molecular complexity index is 547. The fourth-order valence-electron chi connectivity index (χ4n) is 2.59. The van der Waals surface area contributed by atoms with Crippen molar-refractivity contribution in [2.45, 2.75) is 18.9 Å². The summed E-state index contributed by atoms with van der Waals surface area (Å²) in [4.78, 5) is 37.0. The maximum atomic E-state index is 12.1. The monoisotopic (exact) mass is 261 g/mol. The lowest BCUT2D eigenvalue weighted by molar-refractivity contribution is -0.384. The van der Waals surface area contributed by atoms with Gasteiger partial charge in [-0.25, -0.2) is 9.69 Å². The molecule has 0 aromatic heterocycles. The molecular formula is C12H11N3O4. The van der Waals surface area contributed by atoms with Crippen LogP contribution in [0.1, 0.15) is 12.8 Å². The number of hydrogen-bond acceptors (Lipinski definition) is 4. The predicted octanol–water partition coefficient (Wildman–Crippen LogP) is 1.53. The number of nitro benzene ring substituents is 1. The van der Waals surface area contributed by atoms with Crippen LogP contribution >= 0.6 is 0 Å². The van der Waals surface area contributed by atoms with E-state index in [1.54, 1.807) is 4.90 Å². The van der Waals surface area contributed by atoms with Crippen molar-refractivity contribution in [2.24, 2.45) is 0 Å². The van der Waals surface area contributed by atoms with Crippen LogP contribution in [0.5, 0.6) is 0 Å². The molecule has 1 aromatic carbocycles. The summed E-state index contributed by atoms with van der Waals surface area (Å²) in [6.45, 7) is 0.596. The van der Waals surface area contributed by atoms with E-state index in [1.807, 2.05) is 0 Å². The van der Waals surface area contributed by atoms with Gasteiger partial charge in [-0.15, -0.1) is 0 Å². The number of hydrogen-bond donors (Lipinski definition) is 0. The molecule has 7 nitrogen and oxygen atoms in total. The van der Waals surface area contributed by atoms with Gasteiger partial charge in [-0.3, -0.25) is 14.9 Å². The van der Waals surface area contributed by atoms with Crippen molar-refractivity contribution in [1.29, 1.82) is 0 Å². The highest BCUT2D eigenvalue weighted by Gasteiger charge is 2.47. The summed E-state index contributed by atoms with van der Waals surface area (Å²) in [5, 5.41) is 10.6. The molecule has 2 heterocycles. The van der Waals surface area contributed by atoms with Gasteiger partial charge in [0.25, 0.3) is 11.6 Å². The summed E-state index contributed by atoms with van der Waals surface area (Å²) < 4.78 is 0. The number of nitrogens with zero attached hydrogens (tertiary/aromatic N) is 3. The van der Waals surface area contributed by atoms with Gasteiger partial charge in [0.2, 0.25) is 0 Å². The third-order valence-electron chi connectivity index (χ3n) is 3.51. The van der Waals surface area contributed by atoms with E-state index in [4.69, 9.17) is 0 Å². The number of nitro groups is 1. The zero-order chi connectivity index (χ0) is 13.6. The van der Waals surface area contributed by atoms with Crippen LogP contribution in [0.25, 0.3) is 0 Å². The molecule has 3 amide bonds. The van der Waals surface area contributed by atoms with Crippen molar-refractivity contribution in [3.63, 3.8) is 0 Å². The Kier molecular flexibility index (Phi) is 2.48. The molecule has 2 saturated heterocycles. The smallest absolute Gasteiger partial charge is 0.312 e. The minimum absolute atomic E-state index is 0.0663. The van der Waals surface area contributed by atoms with Gasteiger partial charge in [-0.2, -0.15) is 0 Å². The Hall–Kier alpha value is -2.44. The fraction of sp³-hybridized carbons (Fsp3) is 0.333. The number of anilines is 1. The summed E-state index contributed by atoms with van der Waals surface area (Å²) in [5.74, 6) is -0.239. The molecule has 1 aromatic rings. The first-order valence-electron chi connectivity index (χ1n) is 5.98. The second-order valence-electron chi connectivity index (χ2n) is 4.58. The average Bonchev–Trinajstić information content (AvgIpc) is 2.95. The van der Waals surface area contributed by atoms with Gasteiger partial charge in [0.15, 0.2) is 0 Å². The number of amides is 3. The summed E-state index contributed by atoms with van der Waals surface area (Å²) in [5.41, 5.74) is 0.318. The molecular weight excluding hydrogens is 250 g/mol. The van der Waals surface area contributed by atoms with Gasteiger partial charge >= 0.3 is 6.03 Å². The molecule has 2 aliphatic rings. The van der Waals surface area contributed by atoms with E-state index >= 15 is 0 Å². The van der Waals surface area contributed by atoms with Crippen LogP contribution in [0, 0.1) is 10.1 Å². The molecule has 0 bridgehead atoms. The summed E-state index contributed by atoms with van der Waals surface area (Å²) in [6.07, 6.45) is 1.53. The topological polar surface area (TPSA) is 83.8 Å². The van der Waals surface area contributed by atoms with Crippen LogP contribution < -0.4 is 4.90 Å². The fourth-order valence-corrected chi connectivity index (χ4v) is 2.59. The van der Waals surface area contributed by atoms with Crippen LogP contribution in [0.2, 0.25) is 0 Å². The van der Waals surface area contributed by atoms with Crippen LogP contribution in [0.15, 0.2) is 24.3 Å². The number of urea groups is 1. The molecule has 2 fully saturated rings. The molecule has 98 valence electrons. The number of rotatable bonds is 2. The first-order valence-corrected chi connectivity index (χ1v) is 5.98. The average molecular weight is 261 g/mol. The largest absolute Gasteiger partial charge is 0.332 e. The maximum absolute atomic E-state index is 12.1. The van der Waals surface area contributed by atoms with Crippen molar-refractivity contribution < 1.29 is 14.5 Å². The highest BCUT2D eigenvalue weighted by molar-refractivity contribution is 6.21. The van der Waals surface area contributed by atoms with Crippen molar-refractivity contribution in [2.75, 3.05) is 11.4 Å². The SMILES string of the molecule is O=C1[C@H]2CCCN2C(=O)N1c1ccc([N+](=O)[O-])cc1. The van der Waals surface area contributed by atoms with Crippen LogP contribution in [0.4, 0.5) is 16.2 Å². The van der Waals surface area contributed by atoms with E-state index < -0.39 is 4.92 Å². The van der Waals surface area contributed by atoms with Crippen LogP contribution in [-0.2, 0) is 4.79 Å². The molecule has 0 radical (unpaired) electrons. The first kappa shape index (κ1) is 11.6. The van der Waals surface area contributed by atoms with Crippen molar-refractivity contribution in [3.8, 4) is 0 Å². The summed E-state index contributed by atoms with van der Waals surface area (Å²) in [6, 6.07) is 4.74. The van der Waals surface area contributed by atoms with E-state index in [2.05, 4.69) is 0 Å². The molecule has 7 heteroatoms. The highest BCUT2D eigenvalue weighted by atomic mass is 16.6. The normalized spacial score (nSPS) is 22.0. The number of benzene rings is 1. The van der Waals surface area contributed by atoms with Gasteiger partial charge in [-0.1, -0.05) is 0 Å². The molecule has 3 rings (SSSR count). The quantitative estimate of drug-likeness (QED) is 0.459. The second kappa shape index (κ2) is 4.04. The number of non-ortho nitro benzene ring substituents is 1. The van der Waals surface area contributed by atoms with E-state index in [-0.39, 0.29) is 23.7 Å². The number of carbonyl (C=O) groups excluding carboxylic acids is 2. The van der Waals surface area contributed by atoms with Gasteiger partial charge in [0.1, 0.15) is 6.04 Å². The minimum atomic E-state index is -0.518. The maximum Gasteiger partial charge on any atom is 0.332 e. The first-order chi connectivity index (χ1) is 9.09. The van der Waals surface area contributed by atoms with Crippen molar-refractivity contribution in [1.82, 2.24) is 4.90 Å².